The van der Waals surface area contributed by atoms with Crippen molar-refractivity contribution in [1.29, 1.82) is 0 Å². The third kappa shape index (κ3) is 1.94. The van der Waals surface area contributed by atoms with E-state index in [-0.39, 0.29) is 5.56 Å². The van der Waals surface area contributed by atoms with Crippen LogP contribution in [-0.4, -0.2) is 16.8 Å². The fourth-order valence-electron chi connectivity index (χ4n) is 1.38. The molecule has 84 valence electrons. The maximum absolute atomic E-state index is 13.1. The molecule has 1 atom stereocenters. The SMILES string of the molecule is CC.Cn1cc(F)c2c1NC(N)NC2=O. The van der Waals surface area contributed by atoms with Crippen LogP contribution in [0.4, 0.5) is 10.2 Å². The molecular weight excluding hydrogens is 199 g/mol. The Labute approximate surface area is 87.4 Å². The summed E-state index contributed by atoms with van der Waals surface area (Å²) >= 11 is 0. The fraction of sp³-hybridized carbons (Fsp3) is 0.444. The van der Waals surface area contributed by atoms with Gasteiger partial charge in [-0.1, -0.05) is 13.8 Å². The van der Waals surface area contributed by atoms with E-state index in [0.29, 0.717) is 5.82 Å². The van der Waals surface area contributed by atoms with E-state index in [4.69, 9.17) is 5.73 Å². The Balaban J connectivity index is 0.000000531. The number of carbonyl (C=O) groups excluding carboxylic acids is 1. The molecule has 5 nitrogen and oxygen atoms in total. The van der Waals surface area contributed by atoms with Crippen LogP contribution >= 0.6 is 0 Å². The first-order valence-electron chi connectivity index (χ1n) is 4.77. The van der Waals surface area contributed by atoms with E-state index >= 15 is 0 Å². The standard InChI is InChI=1S/C7H9FN4O.C2H6/c1-12-2-3(8)4-5(12)10-7(9)11-6(4)13;1-2/h2,7,10H,9H2,1H3,(H,11,13);1-2H3. The molecule has 0 saturated heterocycles. The van der Waals surface area contributed by atoms with Crippen molar-refractivity contribution in [3.05, 3.63) is 17.6 Å². The van der Waals surface area contributed by atoms with Crippen LogP contribution in [0.3, 0.4) is 0 Å². The normalized spacial score (nSPS) is 18.2. The average Bonchev–Trinajstić information content (AvgIpc) is 2.45. The lowest BCUT2D eigenvalue weighted by molar-refractivity contribution is 0.0933. The highest BCUT2D eigenvalue weighted by Gasteiger charge is 2.27. The Morgan fingerprint density at radius 1 is 1.47 bits per heavy atom. The van der Waals surface area contributed by atoms with Crippen molar-refractivity contribution >= 4 is 11.7 Å². The second-order valence-corrected chi connectivity index (χ2v) is 2.91. The zero-order chi connectivity index (χ0) is 11.6. The van der Waals surface area contributed by atoms with Crippen LogP contribution in [0.1, 0.15) is 24.2 Å². The van der Waals surface area contributed by atoms with E-state index in [0.717, 1.165) is 0 Å². The molecule has 1 aromatic heterocycles. The zero-order valence-corrected chi connectivity index (χ0v) is 8.97. The summed E-state index contributed by atoms with van der Waals surface area (Å²) in [4.78, 5) is 11.2. The molecule has 4 N–H and O–H groups in total. The minimum Gasteiger partial charge on any atom is -0.339 e. The summed E-state index contributed by atoms with van der Waals surface area (Å²) in [6.07, 6.45) is 0.572. The number of hydrogen-bond donors (Lipinski definition) is 3. The summed E-state index contributed by atoms with van der Waals surface area (Å²) in [5, 5.41) is 5.11. The Morgan fingerprint density at radius 2 is 2.07 bits per heavy atom. The molecule has 2 rings (SSSR count). The van der Waals surface area contributed by atoms with Crippen molar-refractivity contribution in [3.63, 3.8) is 0 Å². The van der Waals surface area contributed by atoms with Gasteiger partial charge in [0.25, 0.3) is 5.91 Å². The van der Waals surface area contributed by atoms with Gasteiger partial charge in [-0.3, -0.25) is 10.5 Å². The lowest BCUT2D eigenvalue weighted by Crippen LogP contribution is -2.51. The quantitative estimate of drug-likeness (QED) is 0.591. The third-order valence-corrected chi connectivity index (χ3v) is 1.94. The van der Waals surface area contributed by atoms with Crippen molar-refractivity contribution in [1.82, 2.24) is 9.88 Å². The van der Waals surface area contributed by atoms with Crippen LogP contribution in [-0.2, 0) is 7.05 Å². The summed E-state index contributed by atoms with van der Waals surface area (Å²) in [7, 11) is 1.64. The number of carbonyl (C=O) groups is 1. The second kappa shape index (κ2) is 4.31. The highest BCUT2D eigenvalue weighted by molar-refractivity contribution is 6.01. The Hall–Kier alpha value is -1.56. The molecule has 0 aromatic carbocycles. The number of aryl methyl sites for hydroxylation is 1. The number of rotatable bonds is 0. The molecule has 1 aromatic rings. The van der Waals surface area contributed by atoms with Gasteiger partial charge in [0.1, 0.15) is 11.4 Å². The average molecular weight is 214 g/mol. The van der Waals surface area contributed by atoms with Crippen LogP contribution in [0.2, 0.25) is 0 Å². The molecule has 2 heterocycles. The summed E-state index contributed by atoms with van der Waals surface area (Å²) in [6, 6.07) is 0. The number of aromatic nitrogens is 1. The van der Waals surface area contributed by atoms with E-state index in [9.17, 15) is 9.18 Å². The molecule has 0 radical (unpaired) electrons. The van der Waals surface area contributed by atoms with E-state index < -0.39 is 18.0 Å². The lowest BCUT2D eigenvalue weighted by atomic mass is 10.2. The first-order chi connectivity index (χ1) is 7.09. The maximum Gasteiger partial charge on any atom is 0.260 e. The summed E-state index contributed by atoms with van der Waals surface area (Å²) < 4.78 is 14.6. The van der Waals surface area contributed by atoms with Crippen LogP contribution in [0, 0.1) is 5.82 Å². The van der Waals surface area contributed by atoms with Gasteiger partial charge in [0, 0.05) is 13.2 Å². The van der Waals surface area contributed by atoms with Crippen molar-refractivity contribution in [2.45, 2.75) is 20.1 Å². The van der Waals surface area contributed by atoms with Crippen molar-refractivity contribution in [3.8, 4) is 0 Å². The topological polar surface area (TPSA) is 72.1 Å². The van der Waals surface area contributed by atoms with Crippen LogP contribution < -0.4 is 16.4 Å². The highest BCUT2D eigenvalue weighted by Crippen LogP contribution is 2.23. The van der Waals surface area contributed by atoms with E-state index in [1.54, 1.807) is 7.05 Å². The minimum absolute atomic E-state index is 0.0178. The molecule has 6 heteroatoms. The minimum atomic E-state index is -0.659. The van der Waals surface area contributed by atoms with Gasteiger partial charge in [0.15, 0.2) is 12.1 Å². The van der Waals surface area contributed by atoms with Crippen molar-refractivity contribution in [2.75, 3.05) is 5.32 Å². The second-order valence-electron chi connectivity index (χ2n) is 2.91. The first-order valence-corrected chi connectivity index (χ1v) is 4.77. The predicted molar refractivity (Wildman–Crippen MR) is 55.8 cm³/mol. The van der Waals surface area contributed by atoms with Gasteiger partial charge in [0.05, 0.1) is 0 Å². The Kier molecular flexibility index (Phi) is 3.31. The number of nitrogens with one attached hydrogen (secondary N) is 2. The molecule has 1 unspecified atom stereocenters. The monoisotopic (exact) mass is 214 g/mol. The molecule has 15 heavy (non-hydrogen) atoms. The van der Waals surface area contributed by atoms with Gasteiger partial charge in [-0.05, 0) is 0 Å². The van der Waals surface area contributed by atoms with Gasteiger partial charge in [-0.15, -0.1) is 0 Å². The van der Waals surface area contributed by atoms with Gasteiger partial charge in [0.2, 0.25) is 0 Å². The molecule has 0 fully saturated rings. The zero-order valence-electron chi connectivity index (χ0n) is 8.97. The highest BCUT2D eigenvalue weighted by atomic mass is 19.1. The fourth-order valence-corrected chi connectivity index (χ4v) is 1.38. The molecule has 0 saturated carbocycles. The number of amides is 1. The van der Waals surface area contributed by atoms with Gasteiger partial charge < -0.3 is 15.2 Å². The van der Waals surface area contributed by atoms with E-state index in [1.165, 1.54) is 10.8 Å². The van der Waals surface area contributed by atoms with Crippen LogP contribution in [0.25, 0.3) is 0 Å². The van der Waals surface area contributed by atoms with Gasteiger partial charge >= 0.3 is 0 Å². The van der Waals surface area contributed by atoms with Crippen LogP contribution in [0.5, 0.6) is 0 Å². The van der Waals surface area contributed by atoms with Gasteiger partial charge in [-0.2, -0.15) is 0 Å². The Morgan fingerprint density at radius 3 is 2.67 bits per heavy atom. The molecular formula is C9H15FN4O. The number of nitrogens with two attached hydrogens (primary N) is 1. The first kappa shape index (κ1) is 11.5. The van der Waals surface area contributed by atoms with Crippen molar-refractivity contribution in [2.24, 2.45) is 12.8 Å². The Bertz CT molecular complexity index is 374. The number of halogens is 1. The van der Waals surface area contributed by atoms with E-state index in [2.05, 4.69) is 10.6 Å². The molecule has 1 aliphatic rings. The van der Waals surface area contributed by atoms with E-state index in [1.807, 2.05) is 13.8 Å². The predicted octanol–water partition coefficient (Wildman–Crippen LogP) is 0.588. The van der Waals surface area contributed by atoms with Crippen molar-refractivity contribution < 1.29 is 9.18 Å². The number of anilines is 1. The molecule has 0 aliphatic carbocycles. The summed E-state index contributed by atoms with van der Waals surface area (Å²) in [5.41, 5.74) is 5.46. The maximum atomic E-state index is 13.1. The molecule has 0 spiro atoms. The number of hydrogen-bond acceptors (Lipinski definition) is 3. The largest absolute Gasteiger partial charge is 0.339 e. The molecule has 1 aliphatic heterocycles. The number of fused-ring (bicyclic) bond motifs is 1. The number of nitrogens with zero attached hydrogens (tertiary/aromatic N) is 1. The van der Waals surface area contributed by atoms with Crippen LogP contribution in [0.15, 0.2) is 6.20 Å². The smallest absolute Gasteiger partial charge is 0.260 e. The molecule has 0 bridgehead atoms. The molecule has 1 amide bonds. The third-order valence-electron chi connectivity index (χ3n) is 1.94. The lowest BCUT2D eigenvalue weighted by Gasteiger charge is -2.22. The summed E-state index contributed by atoms with van der Waals surface area (Å²) in [5.74, 6) is -0.623. The summed E-state index contributed by atoms with van der Waals surface area (Å²) in [6.45, 7) is 4.00. The van der Waals surface area contributed by atoms with Gasteiger partial charge in [-0.25, -0.2) is 4.39 Å².